The first-order valence-electron chi connectivity index (χ1n) is 10.1. The highest BCUT2D eigenvalue weighted by Crippen LogP contribution is 2.31. The number of halogens is 4. The summed E-state index contributed by atoms with van der Waals surface area (Å²) < 4.78 is 69.4. The number of carbonyl (C=O) groups is 1. The molecule has 0 atom stereocenters. The Morgan fingerprint density at radius 2 is 1.65 bits per heavy atom. The van der Waals surface area contributed by atoms with Crippen LogP contribution in [-0.2, 0) is 22.8 Å². The van der Waals surface area contributed by atoms with Crippen LogP contribution in [0.25, 0.3) is 0 Å². The molecule has 34 heavy (non-hydrogen) atoms. The molecule has 3 rings (SSSR count). The summed E-state index contributed by atoms with van der Waals surface area (Å²) in [5, 5.41) is 0. The zero-order valence-corrected chi connectivity index (χ0v) is 20.6. The quantitative estimate of drug-likeness (QED) is 0.321. The molecule has 0 saturated carbocycles. The molecule has 0 bridgehead atoms. The lowest BCUT2D eigenvalue weighted by Gasteiger charge is -2.27. The van der Waals surface area contributed by atoms with E-state index in [1.54, 1.807) is 35.2 Å². The second-order valence-electron chi connectivity index (χ2n) is 7.74. The molecule has 0 radical (unpaired) electrons. The van der Waals surface area contributed by atoms with Gasteiger partial charge in [-0.15, -0.1) is 0 Å². The first kappa shape index (κ1) is 25.8. The van der Waals surface area contributed by atoms with Crippen molar-refractivity contribution in [1.82, 2.24) is 4.90 Å². The summed E-state index contributed by atoms with van der Waals surface area (Å²) in [5.41, 5.74) is 0.160. The van der Waals surface area contributed by atoms with Gasteiger partial charge in [-0.1, -0.05) is 40.2 Å². The summed E-state index contributed by atoms with van der Waals surface area (Å²) in [4.78, 5) is 14.0. The molecule has 0 aliphatic rings. The number of hydrogen-bond acceptors (Lipinski definition) is 4. The van der Waals surface area contributed by atoms with Crippen LogP contribution in [0.15, 0.2) is 82.2 Å². The Labute approximate surface area is 204 Å². The van der Waals surface area contributed by atoms with Crippen LogP contribution in [0.5, 0.6) is 5.75 Å². The van der Waals surface area contributed by atoms with E-state index in [2.05, 4.69) is 15.9 Å². The fourth-order valence-corrected chi connectivity index (χ4v) is 4.50. The highest BCUT2D eigenvalue weighted by Gasteiger charge is 2.32. The molecule has 0 unspecified atom stereocenters. The maximum atomic E-state index is 13.0. The molecule has 0 N–H and O–H groups in total. The van der Waals surface area contributed by atoms with E-state index in [-0.39, 0.29) is 24.2 Å². The molecule has 0 fully saturated rings. The van der Waals surface area contributed by atoms with E-state index < -0.39 is 26.8 Å². The molecule has 0 aromatic heterocycles. The van der Waals surface area contributed by atoms with Crippen molar-refractivity contribution in [3.63, 3.8) is 0 Å². The largest absolute Gasteiger partial charge is 0.416 e. The molecule has 5 nitrogen and oxygen atoms in total. The highest BCUT2D eigenvalue weighted by atomic mass is 79.9. The maximum absolute atomic E-state index is 13.0. The third-order valence-corrected chi connectivity index (χ3v) is 6.62. The van der Waals surface area contributed by atoms with Crippen LogP contribution < -0.4 is 4.18 Å². The summed E-state index contributed by atoms with van der Waals surface area (Å²) >= 11 is 3.36. The van der Waals surface area contributed by atoms with E-state index >= 15 is 0 Å². The van der Waals surface area contributed by atoms with Crippen LogP contribution >= 0.6 is 15.9 Å². The molecular formula is C24H21BrF3NO4S. The molecular weight excluding hydrogens is 535 g/mol. The lowest BCUT2D eigenvalue weighted by Crippen LogP contribution is -2.36. The van der Waals surface area contributed by atoms with Crippen LogP contribution in [0.1, 0.15) is 35.3 Å². The monoisotopic (exact) mass is 555 g/mol. The number of hydrogen-bond donors (Lipinski definition) is 0. The summed E-state index contributed by atoms with van der Waals surface area (Å²) in [6.07, 6.45) is -4.68. The fraction of sp³-hybridized carbons (Fsp3) is 0.208. The normalized spacial score (nSPS) is 12.0. The van der Waals surface area contributed by atoms with Crippen LogP contribution in [0.3, 0.4) is 0 Å². The first-order valence-corrected chi connectivity index (χ1v) is 12.3. The number of benzene rings is 3. The van der Waals surface area contributed by atoms with Crippen molar-refractivity contribution >= 4 is 32.0 Å². The standard InChI is InChI=1S/C24H21BrF3NO4S/c1-16(2)29(23(30)18-5-3-7-20(25)13-18)15-17-9-11-21(12-10-17)33-34(31,32)22-8-4-6-19(14-22)24(26,27)28/h3-14,16H,15H2,1-2H3. The molecule has 3 aromatic rings. The average Bonchev–Trinajstić information content (AvgIpc) is 2.77. The SMILES string of the molecule is CC(C)N(Cc1ccc(OS(=O)(=O)c2cccc(C(F)(F)F)c2)cc1)C(=O)c1cccc(Br)c1. The molecule has 0 spiro atoms. The van der Waals surface area contributed by atoms with Crippen molar-refractivity contribution in [3.05, 3.63) is 94.0 Å². The Hall–Kier alpha value is -2.85. The minimum Gasteiger partial charge on any atom is -0.379 e. The van der Waals surface area contributed by atoms with Crippen LogP contribution in [0.4, 0.5) is 13.2 Å². The number of nitrogens with zero attached hydrogens (tertiary/aromatic N) is 1. The van der Waals surface area contributed by atoms with Crippen molar-refractivity contribution in [2.45, 2.75) is 37.5 Å². The zero-order chi connectivity index (χ0) is 25.1. The van der Waals surface area contributed by atoms with Gasteiger partial charge in [-0.3, -0.25) is 4.79 Å². The van der Waals surface area contributed by atoms with Gasteiger partial charge in [0.2, 0.25) is 0 Å². The Bertz CT molecular complexity index is 1280. The van der Waals surface area contributed by atoms with Gasteiger partial charge in [-0.05, 0) is 67.9 Å². The van der Waals surface area contributed by atoms with Gasteiger partial charge in [0.1, 0.15) is 10.6 Å². The molecule has 0 heterocycles. The van der Waals surface area contributed by atoms with E-state index in [9.17, 15) is 26.4 Å². The molecule has 0 aliphatic heterocycles. The number of amides is 1. The van der Waals surface area contributed by atoms with Crippen LogP contribution in [0.2, 0.25) is 0 Å². The topological polar surface area (TPSA) is 63.7 Å². The zero-order valence-electron chi connectivity index (χ0n) is 18.2. The lowest BCUT2D eigenvalue weighted by atomic mass is 10.1. The van der Waals surface area contributed by atoms with Gasteiger partial charge in [-0.25, -0.2) is 0 Å². The van der Waals surface area contributed by atoms with Gasteiger partial charge in [0, 0.05) is 22.6 Å². The van der Waals surface area contributed by atoms with E-state index in [0.717, 1.165) is 28.2 Å². The lowest BCUT2D eigenvalue weighted by molar-refractivity contribution is -0.137. The number of rotatable bonds is 7. The Balaban J connectivity index is 1.76. The van der Waals surface area contributed by atoms with Gasteiger partial charge in [0.15, 0.2) is 0 Å². The third kappa shape index (κ3) is 6.38. The minimum atomic E-state index is -4.68. The van der Waals surface area contributed by atoms with E-state index in [1.165, 1.54) is 12.1 Å². The predicted octanol–water partition coefficient (Wildman–Crippen LogP) is 6.29. The molecule has 3 aromatic carbocycles. The van der Waals surface area contributed by atoms with Gasteiger partial charge in [-0.2, -0.15) is 21.6 Å². The smallest absolute Gasteiger partial charge is 0.379 e. The third-order valence-electron chi connectivity index (χ3n) is 4.89. The van der Waals surface area contributed by atoms with Gasteiger partial charge in [0.25, 0.3) is 5.91 Å². The van der Waals surface area contributed by atoms with Crippen LogP contribution in [0, 0.1) is 0 Å². The van der Waals surface area contributed by atoms with Crippen LogP contribution in [-0.4, -0.2) is 25.3 Å². The summed E-state index contributed by atoms with van der Waals surface area (Å²) in [6, 6.07) is 16.3. The number of alkyl halides is 3. The Morgan fingerprint density at radius 3 is 2.24 bits per heavy atom. The second-order valence-corrected chi connectivity index (χ2v) is 10.2. The number of carbonyl (C=O) groups excluding carboxylic acids is 1. The van der Waals surface area contributed by atoms with Crippen molar-refractivity contribution in [2.75, 3.05) is 0 Å². The van der Waals surface area contributed by atoms with Crippen molar-refractivity contribution in [1.29, 1.82) is 0 Å². The predicted molar refractivity (Wildman–Crippen MR) is 125 cm³/mol. The molecule has 180 valence electrons. The van der Waals surface area contributed by atoms with Crippen molar-refractivity contribution in [3.8, 4) is 5.75 Å². The molecule has 0 aliphatic carbocycles. The second kappa shape index (κ2) is 10.2. The Kier molecular flexibility index (Phi) is 7.72. The first-order chi connectivity index (χ1) is 15.9. The highest BCUT2D eigenvalue weighted by molar-refractivity contribution is 9.10. The van der Waals surface area contributed by atoms with Gasteiger partial charge >= 0.3 is 16.3 Å². The average molecular weight is 556 g/mol. The molecule has 10 heteroatoms. The van der Waals surface area contributed by atoms with Gasteiger partial charge < -0.3 is 9.08 Å². The van der Waals surface area contributed by atoms with E-state index in [4.69, 9.17) is 4.18 Å². The molecule has 1 amide bonds. The van der Waals surface area contributed by atoms with Crippen molar-refractivity contribution < 1.29 is 30.6 Å². The van der Waals surface area contributed by atoms with Crippen molar-refractivity contribution in [2.24, 2.45) is 0 Å². The minimum absolute atomic E-state index is 0.0597. The molecule has 0 saturated heterocycles. The van der Waals surface area contributed by atoms with E-state index in [1.807, 2.05) is 19.9 Å². The van der Waals surface area contributed by atoms with E-state index in [0.29, 0.717) is 11.6 Å². The summed E-state index contributed by atoms with van der Waals surface area (Å²) in [6.45, 7) is 4.04. The van der Waals surface area contributed by atoms with Gasteiger partial charge in [0.05, 0.1) is 5.56 Å². The fourth-order valence-electron chi connectivity index (χ4n) is 3.13. The Morgan fingerprint density at radius 1 is 1.00 bits per heavy atom. The summed E-state index contributed by atoms with van der Waals surface area (Å²) in [5.74, 6) is -0.223. The summed E-state index contributed by atoms with van der Waals surface area (Å²) in [7, 11) is -4.47. The maximum Gasteiger partial charge on any atom is 0.416 e.